The predicted octanol–water partition coefficient (Wildman–Crippen LogP) is 4.99. The van der Waals surface area contributed by atoms with Crippen molar-refractivity contribution in [3.05, 3.63) is 85.7 Å². The van der Waals surface area contributed by atoms with E-state index in [-0.39, 0.29) is 18.0 Å². The minimum absolute atomic E-state index is 0.0791. The molecule has 1 aromatic heterocycles. The molecular formula is C30H32Cl2N6O2S. The summed E-state index contributed by atoms with van der Waals surface area (Å²) in [5.74, 6) is -0.491. The van der Waals surface area contributed by atoms with Crippen LogP contribution in [-0.2, 0) is 17.9 Å². The zero-order valence-electron chi connectivity index (χ0n) is 22.7. The molecule has 0 radical (unpaired) electrons. The molecule has 1 amide bonds. The van der Waals surface area contributed by atoms with Gasteiger partial charge < -0.3 is 16.2 Å². The highest BCUT2D eigenvalue weighted by atomic mass is 35.5. The quantitative estimate of drug-likeness (QED) is 0.287. The highest BCUT2D eigenvalue weighted by molar-refractivity contribution is 7.15. The summed E-state index contributed by atoms with van der Waals surface area (Å²) in [5.41, 5.74) is 10.0. The maximum Gasteiger partial charge on any atom is 0.279 e. The number of carbonyl (C=O) groups excluding carboxylic acids is 1. The molecule has 2 aliphatic heterocycles. The van der Waals surface area contributed by atoms with Crippen molar-refractivity contribution < 1.29 is 9.90 Å². The molecule has 0 spiro atoms. The molecule has 41 heavy (non-hydrogen) atoms. The monoisotopic (exact) mass is 610 g/mol. The Hall–Kier alpha value is -3.05. The van der Waals surface area contributed by atoms with Crippen LogP contribution in [0.25, 0.3) is 16.8 Å². The molecular weight excluding hydrogens is 579 g/mol. The Morgan fingerprint density at radius 1 is 1.17 bits per heavy atom. The Bertz CT molecular complexity index is 1510. The molecule has 2 aliphatic rings. The molecule has 0 aliphatic carbocycles. The van der Waals surface area contributed by atoms with Gasteiger partial charge in [0.2, 0.25) is 0 Å². The number of aliphatic imine (C=N–C) groups is 1. The van der Waals surface area contributed by atoms with Crippen molar-refractivity contribution in [1.82, 2.24) is 15.1 Å². The van der Waals surface area contributed by atoms with Crippen molar-refractivity contribution in [2.24, 2.45) is 10.7 Å². The van der Waals surface area contributed by atoms with Crippen molar-refractivity contribution in [2.45, 2.75) is 31.5 Å². The number of amides is 1. The van der Waals surface area contributed by atoms with Gasteiger partial charge >= 0.3 is 0 Å². The molecule has 8 nitrogen and oxygen atoms in total. The van der Waals surface area contributed by atoms with Gasteiger partial charge in [-0.3, -0.25) is 20.0 Å². The molecule has 3 aromatic rings. The largest absolute Gasteiger partial charge is 0.388 e. The number of β-amino-alcohol motifs (C(OH)–C–C–N with tert-alkyl or cyclic N) is 1. The number of rotatable bonds is 8. The van der Waals surface area contributed by atoms with E-state index in [2.05, 4.69) is 15.2 Å². The first kappa shape index (κ1) is 29.4. The van der Waals surface area contributed by atoms with Gasteiger partial charge in [0.15, 0.2) is 0 Å². The number of piperidine rings is 1. The van der Waals surface area contributed by atoms with Gasteiger partial charge in [0.1, 0.15) is 15.7 Å². The van der Waals surface area contributed by atoms with Gasteiger partial charge in [0, 0.05) is 43.8 Å². The number of nitrogens with two attached hydrogens (primary N) is 1. The number of halogens is 2. The number of nitrogens with zero attached hydrogens (tertiary/aromatic N) is 3. The molecule has 214 valence electrons. The minimum Gasteiger partial charge on any atom is -0.388 e. The second-order valence-electron chi connectivity index (χ2n) is 10.3. The summed E-state index contributed by atoms with van der Waals surface area (Å²) in [6, 6.07) is 15.6. The number of aliphatic hydroxyl groups is 1. The minimum atomic E-state index is -1.08. The van der Waals surface area contributed by atoms with Gasteiger partial charge in [-0.1, -0.05) is 59.6 Å². The van der Waals surface area contributed by atoms with Crippen molar-refractivity contribution in [3.8, 4) is 11.1 Å². The van der Waals surface area contributed by atoms with E-state index in [1.165, 1.54) is 22.6 Å². The van der Waals surface area contributed by atoms with Crippen LogP contribution in [-0.4, -0.2) is 65.1 Å². The highest BCUT2D eigenvalue weighted by Crippen LogP contribution is 2.35. The summed E-state index contributed by atoms with van der Waals surface area (Å²) < 4.78 is 0.740. The Morgan fingerprint density at radius 2 is 1.90 bits per heavy atom. The Kier molecular flexibility index (Phi) is 8.94. The first-order valence-corrected chi connectivity index (χ1v) is 15.0. The van der Waals surface area contributed by atoms with E-state index in [0.717, 1.165) is 32.2 Å². The van der Waals surface area contributed by atoms with Crippen molar-refractivity contribution in [1.29, 1.82) is 5.41 Å². The van der Waals surface area contributed by atoms with Crippen LogP contribution in [0.5, 0.6) is 0 Å². The maximum absolute atomic E-state index is 13.2. The summed E-state index contributed by atoms with van der Waals surface area (Å²) in [7, 11) is 1.73. The van der Waals surface area contributed by atoms with Gasteiger partial charge in [-0.25, -0.2) is 4.99 Å². The smallest absolute Gasteiger partial charge is 0.279 e. The SMILES string of the molecule is CN/C(=C1/N=CN(CC2(O)CCN(Cc3ccc(-c4ccsc4Cl)cc3Cl)CC2)C(=O)C1=N)c1ccc(CN)cc1. The van der Waals surface area contributed by atoms with E-state index >= 15 is 0 Å². The molecule has 0 unspecified atom stereocenters. The molecule has 0 atom stereocenters. The Morgan fingerprint density at radius 3 is 2.51 bits per heavy atom. The van der Waals surface area contributed by atoms with Crippen molar-refractivity contribution in [2.75, 3.05) is 26.7 Å². The molecule has 1 fully saturated rings. The first-order chi connectivity index (χ1) is 19.7. The average Bonchev–Trinajstić information content (AvgIpc) is 3.41. The van der Waals surface area contributed by atoms with E-state index < -0.39 is 11.5 Å². The lowest BCUT2D eigenvalue weighted by molar-refractivity contribution is -0.124. The maximum atomic E-state index is 13.2. The second kappa shape index (κ2) is 12.4. The van der Waals surface area contributed by atoms with E-state index in [4.69, 9.17) is 34.3 Å². The summed E-state index contributed by atoms with van der Waals surface area (Å²) in [4.78, 5) is 21.2. The summed E-state index contributed by atoms with van der Waals surface area (Å²) in [6.07, 6.45) is 2.39. The van der Waals surface area contributed by atoms with Crippen LogP contribution in [0.15, 0.2) is 64.6 Å². The zero-order chi connectivity index (χ0) is 29.1. The van der Waals surface area contributed by atoms with Gasteiger partial charge in [0.25, 0.3) is 5.91 Å². The van der Waals surface area contributed by atoms with Crippen molar-refractivity contribution in [3.63, 3.8) is 0 Å². The fourth-order valence-corrected chi connectivity index (χ4v) is 6.39. The number of benzene rings is 2. The lowest BCUT2D eigenvalue weighted by Crippen LogP contribution is -2.53. The van der Waals surface area contributed by atoms with E-state index in [0.29, 0.717) is 49.7 Å². The van der Waals surface area contributed by atoms with Gasteiger partial charge in [-0.05, 0) is 52.6 Å². The molecule has 11 heteroatoms. The topological polar surface area (TPSA) is 118 Å². The fourth-order valence-electron chi connectivity index (χ4n) is 5.19. The third-order valence-electron chi connectivity index (χ3n) is 7.63. The van der Waals surface area contributed by atoms with Crippen molar-refractivity contribution >= 4 is 58.2 Å². The number of nitrogens with one attached hydrogen (secondary N) is 2. The number of carbonyl (C=O) groups is 1. The number of thiophene rings is 1. The Labute approximate surface area is 253 Å². The van der Waals surface area contributed by atoms with E-state index in [9.17, 15) is 9.90 Å². The molecule has 2 aromatic carbocycles. The van der Waals surface area contributed by atoms with Crippen LogP contribution in [0, 0.1) is 5.41 Å². The summed E-state index contributed by atoms with van der Waals surface area (Å²) in [6.45, 7) is 2.47. The van der Waals surface area contributed by atoms with Crippen LogP contribution in [0.3, 0.4) is 0 Å². The normalized spacial score (nSPS) is 18.6. The van der Waals surface area contributed by atoms with Crippen LogP contribution in [0.2, 0.25) is 9.36 Å². The Balaban J connectivity index is 1.22. The van der Waals surface area contributed by atoms with Crippen LogP contribution in [0.4, 0.5) is 0 Å². The van der Waals surface area contributed by atoms with Gasteiger partial charge in [-0.2, -0.15) is 0 Å². The molecule has 0 bridgehead atoms. The number of hydrogen-bond donors (Lipinski definition) is 4. The second-order valence-corrected chi connectivity index (χ2v) is 12.3. The molecule has 5 N–H and O–H groups in total. The fraction of sp³-hybridized carbons (Fsp3) is 0.300. The van der Waals surface area contributed by atoms with Gasteiger partial charge in [-0.15, -0.1) is 11.3 Å². The number of hydrogen-bond acceptors (Lipinski definition) is 8. The molecule has 5 rings (SSSR count). The van der Waals surface area contributed by atoms with Crippen LogP contribution in [0.1, 0.15) is 29.5 Å². The average molecular weight is 612 g/mol. The van der Waals surface area contributed by atoms with Crippen LogP contribution >= 0.6 is 34.5 Å². The molecule has 1 saturated heterocycles. The van der Waals surface area contributed by atoms with Gasteiger partial charge in [0.05, 0.1) is 24.2 Å². The van der Waals surface area contributed by atoms with E-state index in [1.807, 2.05) is 53.9 Å². The standard InChI is InChI=1S/C30H32Cl2N6O2S/c1-35-26(20-4-2-19(15-33)3-5-20)27-25(34)29(39)38(18-36-27)17-30(40)9-11-37(12-10-30)16-22-7-6-21(14-24(22)31)23-8-13-41-28(23)32/h2-8,13-14,18,34-35,40H,9-12,15-17,33H2,1H3/b27-26+,34-25?. The predicted molar refractivity (Wildman–Crippen MR) is 167 cm³/mol. The zero-order valence-corrected chi connectivity index (χ0v) is 25.0. The third kappa shape index (κ3) is 6.40. The lowest BCUT2D eigenvalue weighted by Gasteiger charge is -2.40. The van der Waals surface area contributed by atoms with Crippen LogP contribution < -0.4 is 11.1 Å². The highest BCUT2D eigenvalue weighted by Gasteiger charge is 2.38. The summed E-state index contributed by atoms with van der Waals surface area (Å²) in [5, 5.41) is 25.6. The first-order valence-electron chi connectivity index (χ1n) is 13.3. The lowest BCUT2D eigenvalue weighted by atomic mass is 9.90. The number of likely N-dealkylation sites (tertiary alicyclic amines) is 1. The molecule has 3 heterocycles. The summed E-state index contributed by atoms with van der Waals surface area (Å²) >= 11 is 14.4. The molecule has 0 saturated carbocycles. The third-order valence-corrected chi connectivity index (χ3v) is 9.15. The van der Waals surface area contributed by atoms with E-state index in [1.54, 1.807) is 7.05 Å².